The summed E-state index contributed by atoms with van der Waals surface area (Å²) >= 11 is 0. The number of anilines is 1. The van der Waals surface area contributed by atoms with Gasteiger partial charge in [0.2, 0.25) is 5.91 Å². The molecule has 0 bridgehead atoms. The van der Waals surface area contributed by atoms with Gasteiger partial charge in [0.25, 0.3) is 5.91 Å². The van der Waals surface area contributed by atoms with E-state index in [1.807, 2.05) is 0 Å². The van der Waals surface area contributed by atoms with Crippen molar-refractivity contribution in [3.8, 4) is 0 Å². The largest absolute Gasteiger partial charge is 0.394 e. The molecule has 1 aliphatic heterocycles. The van der Waals surface area contributed by atoms with Crippen molar-refractivity contribution in [2.45, 2.75) is 45.3 Å². The van der Waals surface area contributed by atoms with E-state index in [-0.39, 0.29) is 24.4 Å². The third-order valence-electron chi connectivity index (χ3n) is 4.54. The average molecular weight is 342 g/mol. The lowest BCUT2D eigenvalue weighted by atomic mass is 9.87. The average Bonchev–Trinajstić information content (AvgIpc) is 2.81. The summed E-state index contributed by atoms with van der Waals surface area (Å²) in [5, 5.41) is 2.64. The van der Waals surface area contributed by atoms with Gasteiger partial charge in [-0.2, -0.15) is 13.2 Å². The Morgan fingerprint density at radius 1 is 1.33 bits per heavy atom. The first-order valence-corrected chi connectivity index (χ1v) is 7.86. The molecule has 2 amide bonds. The number of nitrogens with one attached hydrogen (secondary N) is 1. The van der Waals surface area contributed by atoms with Gasteiger partial charge in [0.05, 0.1) is 5.92 Å². The van der Waals surface area contributed by atoms with Crippen molar-refractivity contribution in [2.24, 2.45) is 5.92 Å². The molecule has 7 heteroatoms. The fourth-order valence-corrected chi connectivity index (χ4v) is 3.15. The summed E-state index contributed by atoms with van der Waals surface area (Å²) < 4.78 is 39.5. The minimum absolute atomic E-state index is 0.0571. The molecule has 1 aromatic rings. The zero-order valence-electron chi connectivity index (χ0n) is 13.9. The van der Waals surface area contributed by atoms with Crippen LogP contribution < -0.4 is 5.32 Å². The van der Waals surface area contributed by atoms with Gasteiger partial charge in [0, 0.05) is 29.8 Å². The van der Waals surface area contributed by atoms with Gasteiger partial charge in [-0.3, -0.25) is 9.59 Å². The molecule has 0 radical (unpaired) electrons. The van der Waals surface area contributed by atoms with Gasteiger partial charge in [0.1, 0.15) is 0 Å². The van der Waals surface area contributed by atoms with E-state index < -0.39 is 23.5 Å². The summed E-state index contributed by atoms with van der Waals surface area (Å²) in [7, 11) is 0. The molecule has 0 aromatic heterocycles. The zero-order chi connectivity index (χ0) is 18.1. The van der Waals surface area contributed by atoms with Gasteiger partial charge in [-0.1, -0.05) is 13.0 Å². The Morgan fingerprint density at radius 2 is 2.00 bits per heavy atom. The lowest BCUT2D eigenvalue weighted by molar-refractivity contribution is -0.189. The molecule has 132 valence electrons. The molecular formula is C17H21F3N2O2. The Balaban J connectivity index is 2.23. The highest BCUT2D eigenvalue weighted by molar-refractivity contribution is 5.97. The van der Waals surface area contributed by atoms with E-state index in [0.29, 0.717) is 12.1 Å². The minimum Gasteiger partial charge on any atom is -0.333 e. The third-order valence-corrected chi connectivity index (χ3v) is 4.54. The second kappa shape index (κ2) is 6.45. The summed E-state index contributed by atoms with van der Waals surface area (Å²) in [5.74, 6) is -2.20. The van der Waals surface area contributed by atoms with Crippen LogP contribution in [-0.2, 0) is 4.79 Å². The number of alkyl halides is 3. The van der Waals surface area contributed by atoms with E-state index in [2.05, 4.69) is 5.32 Å². The van der Waals surface area contributed by atoms with Crippen molar-refractivity contribution in [3.05, 3.63) is 29.8 Å². The number of carbonyl (C=O) groups excluding carboxylic acids is 2. The predicted molar refractivity (Wildman–Crippen MR) is 84.6 cm³/mol. The molecule has 4 nitrogen and oxygen atoms in total. The number of hydrogen-bond acceptors (Lipinski definition) is 2. The molecule has 0 aliphatic carbocycles. The van der Waals surface area contributed by atoms with Crippen LogP contribution in [0.5, 0.6) is 0 Å². The molecular weight excluding hydrogens is 321 g/mol. The van der Waals surface area contributed by atoms with E-state index in [1.54, 1.807) is 25.1 Å². The van der Waals surface area contributed by atoms with E-state index in [9.17, 15) is 22.8 Å². The van der Waals surface area contributed by atoms with Crippen LogP contribution in [0.1, 0.15) is 44.0 Å². The molecule has 1 saturated heterocycles. The molecule has 1 aliphatic rings. The van der Waals surface area contributed by atoms with Crippen LogP contribution in [0.15, 0.2) is 24.3 Å². The lowest BCUT2D eigenvalue weighted by Gasteiger charge is -2.36. The van der Waals surface area contributed by atoms with Gasteiger partial charge >= 0.3 is 6.18 Å². The highest BCUT2D eigenvalue weighted by Crippen LogP contribution is 2.45. The first-order valence-electron chi connectivity index (χ1n) is 7.86. The Hall–Kier alpha value is -2.05. The van der Waals surface area contributed by atoms with Crippen LogP contribution in [0, 0.1) is 5.92 Å². The van der Waals surface area contributed by atoms with Crippen LogP contribution in [0.4, 0.5) is 18.9 Å². The van der Waals surface area contributed by atoms with Crippen molar-refractivity contribution in [2.75, 3.05) is 11.9 Å². The number of hydrogen-bond donors (Lipinski definition) is 1. The van der Waals surface area contributed by atoms with Crippen LogP contribution in [0.3, 0.4) is 0 Å². The summed E-state index contributed by atoms with van der Waals surface area (Å²) in [6.07, 6.45) is -4.14. The Labute approximate surface area is 139 Å². The molecule has 1 atom stereocenters. The smallest absolute Gasteiger partial charge is 0.333 e. The number of benzene rings is 1. The monoisotopic (exact) mass is 342 g/mol. The summed E-state index contributed by atoms with van der Waals surface area (Å²) in [4.78, 5) is 25.4. The maximum Gasteiger partial charge on any atom is 0.394 e. The van der Waals surface area contributed by atoms with Crippen LogP contribution in [-0.4, -0.2) is 35.0 Å². The van der Waals surface area contributed by atoms with Gasteiger partial charge in [0.15, 0.2) is 0 Å². The normalized spacial score (nSPS) is 20.1. The van der Waals surface area contributed by atoms with Crippen LogP contribution in [0.25, 0.3) is 0 Å². The third kappa shape index (κ3) is 3.55. The maximum atomic E-state index is 13.2. The second-order valence-electron chi connectivity index (χ2n) is 6.48. The van der Waals surface area contributed by atoms with E-state index in [0.717, 1.165) is 0 Å². The van der Waals surface area contributed by atoms with E-state index in [4.69, 9.17) is 0 Å². The fourth-order valence-electron chi connectivity index (χ4n) is 3.15. The van der Waals surface area contributed by atoms with Crippen LogP contribution in [0.2, 0.25) is 0 Å². The standard InChI is InChI=1S/C17H21F3N2O2/c1-4-14(23)21-12-7-5-6-11(10-12)15(24)22-9-8-13(16(22,2)3)17(18,19)20/h5-7,10,13H,4,8-9H2,1-3H3,(H,21,23). The number of amides is 2. The fraction of sp³-hybridized carbons (Fsp3) is 0.529. The lowest BCUT2D eigenvalue weighted by Crippen LogP contribution is -2.49. The van der Waals surface area contributed by atoms with Gasteiger partial charge < -0.3 is 10.2 Å². The number of halogens is 3. The van der Waals surface area contributed by atoms with Crippen molar-refractivity contribution in [1.29, 1.82) is 0 Å². The Bertz CT molecular complexity index is 641. The van der Waals surface area contributed by atoms with Crippen LogP contribution >= 0.6 is 0 Å². The molecule has 1 unspecified atom stereocenters. The van der Waals surface area contributed by atoms with Crippen molar-refractivity contribution in [3.63, 3.8) is 0 Å². The summed E-state index contributed by atoms with van der Waals surface area (Å²) in [5.41, 5.74) is -0.588. The van der Waals surface area contributed by atoms with E-state index >= 15 is 0 Å². The zero-order valence-corrected chi connectivity index (χ0v) is 13.9. The topological polar surface area (TPSA) is 49.4 Å². The first kappa shape index (κ1) is 18.3. The van der Waals surface area contributed by atoms with Gasteiger partial charge in [-0.25, -0.2) is 0 Å². The van der Waals surface area contributed by atoms with Crippen molar-refractivity contribution in [1.82, 2.24) is 4.90 Å². The second-order valence-corrected chi connectivity index (χ2v) is 6.48. The number of nitrogens with zero attached hydrogens (tertiary/aromatic N) is 1. The summed E-state index contributed by atoms with van der Waals surface area (Å²) in [6.45, 7) is 4.65. The molecule has 2 rings (SSSR count). The molecule has 0 spiro atoms. The van der Waals surface area contributed by atoms with Gasteiger partial charge in [-0.05, 0) is 38.5 Å². The quantitative estimate of drug-likeness (QED) is 0.907. The molecule has 0 saturated carbocycles. The van der Waals surface area contributed by atoms with Gasteiger partial charge in [-0.15, -0.1) is 0 Å². The Kier molecular flexibility index (Phi) is 4.92. The molecule has 1 heterocycles. The maximum absolute atomic E-state index is 13.2. The first-order chi connectivity index (χ1) is 11.1. The SMILES string of the molecule is CCC(=O)Nc1cccc(C(=O)N2CCC(C(F)(F)F)C2(C)C)c1. The molecule has 1 fully saturated rings. The molecule has 24 heavy (non-hydrogen) atoms. The van der Waals surface area contributed by atoms with Crippen molar-refractivity contribution >= 4 is 17.5 Å². The van der Waals surface area contributed by atoms with E-state index in [1.165, 1.54) is 24.8 Å². The number of carbonyl (C=O) groups is 2. The summed E-state index contributed by atoms with van der Waals surface area (Å²) in [6, 6.07) is 6.27. The Morgan fingerprint density at radius 3 is 2.54 bits per heavy atom. The highest BCUT2D eigenvalue weighted by atomic mass is 19.4. The number of rotatable bonds is 3. The molecule has 1 aromatic carbocycles. The highest BCUT2D eigenvalue weighted by Gasteiger charge is 2.56. The minimum atomic E-state index is -4.34. The van der Waals surface area contributed by atoms with Crippen molar-refractivity contribution < 1.29 is 22.8 Å². The predicted octanol–water partition coefficient (Wildman–Crippen LogP) is 3.84. The number of likely N-dealkylation sites (tertiary alicyclic amines) is 1. The molecule has 1 N–H and O–H groups in total.